The predicted octanol–water partition coefficient (Wildman–Crippen LogP) is 2.29. The van der Waals surface area contributed by atoms with Crippen molar-refractivity contribution in [2.75, 3.05) is 13.1 Å². The summed E-state index contributed by atoms with van der Waals surface area (Å²) in [6, 6.07) is -0.208. The van der Waals surface area contributed by atoms with E-state index < -0.39 is 11.3 Å². The highest BCUT2D eigenvalue weighted by atomic mass is 79.9. The first kappa shape index (κ1) is 23.2. The first-order chi connectivity index (χ1) is 14.4. The summed E-state index contributed by atoms with van der Waals surface area (Å²) < 4.78 is 8.50. The van der Waals surface area contributed by atoms with Crippen LogP contribution < -0.4 is 11.0 Å². The number of nitrogens with one attached hydrogen (secondary N) is 1. The summed E-state index contributed by atoms with van der Waals surface area (Å²) in [6.45, 7) is 10.1. The zero-order valence-electron chi connectivity index (χ0n) is 18.5. The van der Waals surface area contributed by atoms with Crippen molar-refractivity contribution in [3.05, 3.63) is 27.0 Å². The molecule has 11 heteroatoms. The molecule has 170 valence electrons. The van der Waals surface area contributed by atoms with Crippen LogP contribution in [0.15, 0.2) is 15.6 Å². The van der Waals surface area contributed by atoms with Crippen molar-refractivity contribution in [1.82, 2.24) is 29.4 Å². The minimum absolute atomic E-state index is 0.0208. The Hall–Kier alpha value is -2.43. The standard InChI is InChI=1S/C20H29BrN6O4/c1-12(2)16-17-23-14(21)10-26(17)18(29)27(24-16)11-15(28)22-13-7-6-8-25(9-13)19(30)31-20(3,4)5/h10,12-13H,6-9,11H2,1-5H3,(H,22,28)/t13-/m1/s1. The van der Waals surface area contributed by atoms with Gasteiger partial charge in [0.05, 0.1) is 0 Å². The molecule has 0 bridgehead atoms. The van der Waals surface area contributed by atoms with Crippen molar-refractivity contribution >= 4 is 33.6 Å². The lowest BCUT2D eigenvalue weighted by atomic mass is 10.1. The average molecular weight is 497 g/mol. The number of aromatic nitrogens is 4. The molecule has 31 heavy (non-hydrogen) atoms. The molecule has 10 nitrogen and oxygen atoms in total. The Balaban J connectivity index is 1.71. The van der Waals surface area contributed by atoms with E-state index in [-0.39, 0.29) is 30.5 Å². The Bertz CT molecular complexity index is 1040. The molecular weight excluding hydrogens is 468 g/mol. The van der Waals surface area contributed by atoms with Crippen LogP contribution in [0.2, 0.25) is 0 Å². The number of hydrogen-bond acceptors (Lipinski definition) is 6. The van der Waals surface area contributed by atoms with E-state index in [1.165, 1.54) is 4.40 Å². The maximum absolute atomic E-state index is 12.8. The van der Waals surface area contributed by atoms with E-state index in [0.717, 1.165) is 17.5 Å². The monoisotopic (exact) mass is 496 g/mol. The van der Waals surface area contributed by atoms with E-state index in [2.05, 4.69) is 31.3 Å². The number of piperidine rings is 1. The van der Waals surface area contributed by atoms with Gasteiger partial charge in [-0.1, -0.05) is 13.8 Å². The van der Waals surface area contributed by atoms with Gasteiger partial charge in [-0.05, 0) is 49.5 Å². The molecule has 3 heterocycles. The number of amides is 2. The van der Waals surface area contributed by atoms with Crippen LogP contribution in [0, 0.1) is 0 Å². The highest BCUT2D eigenvalue weighted by molar-refractivity contribution is 9.10. The molecule has 1 fully saturated rings. The summed E-state index contributed by atoms with van der Waals surface area (Å²) in [6.07, 6.45) is 2.69. The zero-order chi connectivity index (χ0) is 22.9. The lowest BCUT2D eigenvalue weighted by Crippen LogP contribution is -2.51. The van der Waals surface area contributed by atoms with Crippen molar-refractivity contribution in [3.8, 4) is 0 Å². The molecule has 1 saturated heterocycles. The second kappa shape index (κ2) is 8.97. The summed E-state index contributed by atoms with van der Waals surface area (Å²) in [4.78, 5) is 43.7. The number of halogens is 1. The first-order valence-corrected chi connectivity index (χ1v) is 11.2. The van der Waals surface area contributed by atoms with Gasteiger partial charge in [-0.2, -0.15) is 5.10 Å². The number of nitrogens with zero attached hydrogens (tertiary/aromatic N) is 5. The Morgan fingerprint density at radius 2 is 2.06 bits per heavy atom. The summed E-state index contributed by atoms with van der Waals surface area (Å²) in [7, 11) is 0. The van der Waals surface area contributed by atoms with Gasteiger partial charge in [0.15, 0.2) is 5.65 Å². The molecule has 2 aromatic rings. The molecule has 0 aliphatic carbocycles. The molecule has 1 N–H and O–H groups in total. The number of imidazole rings is 1. The molecule has 2 aromatic heterocycles. The van der Waals surface area contributed by atoms with Crippen molar-refractivity contribution in [2.24, 2.45) is 0 Å². The highest BCUT2D eigenvalue weighted by Crippen LogP contribution is 2.18. The van der Waals surface area contributed by atoms with Crippen LogP contribution in [-0.4, -0.2) is 60.8 Å². The normalized spacial score (nSPS) is 17.3. The van der Waals surface area contributed by atoms with Gasteiger partial charge >= 0.3 is 11.8 Å². The van der Waals surface area contributed by atoms with Gasteiger partial charge in [-0.15, -0.1) is 0 Å². The van der Waals surface area contributed by atoms with E-state index in [4.69, 9.17) is 4.74 Å². The molecule has 0 unspecified atom stereocenters. The number of fused-ring (bicyclic) bond motifs is 1. The fourth-order valence-electron chi connectivity index (χ4n) is 3.49. The highest BCUT2D eigenvalue weighted by Gasteiger charge is 2.28. The Kier molecular flexibility index (Phi) is 6.73. The van der Waals surface area contributed by atoms with Crippen LogP contribution in [0.3, 0.4) is 0 Å². The summed E-state index contributed by atoms with van der Waals surface area (Å²) in [5.41, 5.74) is 0.0947. The predicted molar refractivity (Wildman–Crippen MR) is 118 cm³/mol. The zero-order valence-corrected chi connectivity index (χ0v) is 20.1. The lowest BCUT2D eigenvalue weighted by Gasteiger charge is -2.34. The second-order valence-corrected chi connectivity index (χ2v) is 9.88. The molecule has 0 radical (unpaired) electrons. The van der Waals surface area contributed by atoms with Gasteiger partial charge in [-0.25, -0.2) is 23.7 Å². The molecule has 1 aliphatic rings. The fourth-order valence-corrected chi connectivity index (χ4v) is 3.87. The largest absolute Gasteiger partial charge is 0.444 e. The fraction of sp³-hybridized carbons (Fsp3) is 0.650. The maximum atomic E-state index is 12.8. The number of likely N-dealkylation sites (tertiary alicyclic amines) is 1. The van der Waals surface area contributed by atoms with E-state index >= 15 is 0 Å². The molecular formula is C20H29BrN6O4. The molecule has 3 rings (SSSR count). The van der Waals surface area contributed by atoms with E-state index in [0.29, 0.717) is 29.0 Å². The number of carbonyl (C=O) groups excluding carboxylic acids is 2. The van der Waals surface area contributed by atoms with Crippen LogP contribution in [-0.2, 0) is 16.1 Å². The van der Waals surface area contributed by atoms with Crippen LogP contribution in [0.1, 0.15) is 59.1 Å². The summed E-state index contributed by atoms with van der Waals surface area (Å²) in [5.74, 6) is -0.314. The lowest BCUT2D eigenvalue weighted by molar-refractivity contribution is -0.123. The van der Waals surface area contributed by atoms with Crippen molar-refractivity contribution in [3.63, 3.8) is 0 Å². The minimum Gasteiger partial charge on any atom is -0.444 e. The van der Waals surface area contributed by atoms with Gasteiger partial charge in [0.2, 0.25) is 5.91 Å². The second-order valence-electron chi connectivity index (χ2n) is 9.07. The SMILES string of the molecule is CC(C)c1nn(CC(=O)N[C@@H]2CCCN(C(=O)OC(C)(C)C)C2)c(=O)n2cc(Br)nc12. The van der Waals surface area contributed by atoms with E-state index in [1.54, 1.807) is 11.1 Å². The van der Waals surface area contributed by atoms with E-state index in [1.807, 2.05) is 34.6 Å². The minimum atomic E-state index is -0.574. The first-order valence-electron chi connectivity index (χ1n) is 10.4. The molecule has 0 spiro atoms. The number of ether oxygens (including phenoxy) is 1. The van der Waals surface area contributed by atoms with Gasteiger partial charge in [0.1, 0.15) is 22.4 Å². The Labute approximate surface area is 189 Å². The Morgan fingerprint density at radius 1 is 1.35 bits per heavy atom. The third-order valence-corrected chi connectivity index (χ3v) is 5.22. The topological polar surface area (TPSA) is 111 Å². The quantitative estimate of drug-likeness (QED) is 0.694. The third-order valence-electron chi connectivity index (χ3n) is 4.84. The molecule has 2 amide bonds. The summed E-state index contributed by atoms with van der Waals surface area (Å²) >= 11 is 3.29. The van der Waals surface area contributed by atoms with Crippen LogP contribution in [0.25, 0.3) is 5.65 Å². The summed E-state index contributed by atoms with van der Waals surface area (Å²) in [5, 5.41) is 7.31. The number of carbonyl (C=O) groups is 2. The molecule has 1 aliphatic heterocycles. The van der Waals surface area contributed by atoms with Crippen molar-refractivity contribution in [2.45, 2.75) is 71.6 Å². The van der Waals surface area contributed by atoms with Crippen molar-refractivity contribution < 1.29 is 14.3 Å². The molecule has 0 saturated carbocycles. The van der Waals surface area contributed by atoms with Gasteiger partial charge < -0.3 is 15.0 Å². The van der Waals surface area contributed by atoms with Gasteiger partial charge in [0.25, 0.3) is 0 Å². The average Bonchev–Trinajstić information content (AvgIpc) is 3.04. The number of rotatable bonds is 4. The number of hydrogen-bond donors (Lipinski definition) is 1. The smallest absolute Gasteiger partial charge is 0.410 e. The molecule has 0 aromatic carbocycles. The Morgan fingerprint density at radius 3 is 2.71 bits per heavy atom. The maximum Gasteiger partial charge on any atom is 0.410 e. The van der Waals surface area contributed by atoms with Gasteiger partial charge in [0, 0.05) is 31.2 Å². The third kappa shape index (κ3) is 5.63. The molecule has 1 atom stereocenters. The van der Waals surface area contributed by atoms with E-state index in [9.17, 15) is 14.4 Å². The van der Waals surface area contributed by atoms with Crippen LogP contribution in [0.4, 0.5) is 4.79 Å². The van der Waals surface area contributed by atoms with Crippen LogP contribution >= 0.6 is 15.9 Å². The van der Waals surface area contributed by atoms with Crippen molar-refractivity contribution in [1.29, 1.82) is 0 Å². The van der Waals surface area contributed by atoms with Gasteiger partial charge in [-0.3, -0.25) is 4.79 Å². The van der Waals surface area contributed by atoms with Crippen LogP contribution in [0.5, 0.6) is 0 Å².